The molecule has 0 bridgehead atoms. The monoisotopic (exact) mass is 743 g/mol. The van der Waals surface area contributed by atoms with Crippen LogP contribution in [0.3, 0.4) is 0 Å². The third-order valence-electron chi connectivity index (χ3n) is 11.5. The maximum Gasteiger partial charge on any atom is 0.160 e. The van der Waals surface area contributed by atoms with Gasteiger partial charge >= 0.3 is 0 Å². The highest BCUT2D eigenvalue weighted by molar-refractivity contribution is 6.25. The van der Waals surface area contributed by atoms with Crippen molar-refractivity contribution in [2.45, 2.75) is 6.17 Å². The average molecular weight is 744 g/mol. The minimum atomic E-state index is -0.400. The van der Waals surface area contributed by atoms with Gasteiger partial charge in [0, 0.05) is 32.7 Å². The summed E-state index contributed by atoms with van der Waals surface area (Å²) in [6.45, 7) is 0. The molecule has 0 aliphatic carbocycles. The van der Waals surface area contributed by atoms with Crippen molar-refractivity contribution in [2.24, 2.45) is 9.98 Å². The van der Waals surface area contributed by atoms with Gasteiger partial charge in [0.25, 0.3) is 0 Å². The number of hydrogen-bond donors (Lipinski definition) is 1. The fourth-order valence-electron chi connectivity index (χ4n) is 8.73. The van der Waals surface area contributed by atoms with Crippen molar-refractivity contribution in [1.82, 2.24) is 5.32 Å². The summed E-state index contributed by atoms with van der Waals surface area (Å²) in [4.78, 5) is 10.8. The number of benzene rings is 9. The van der Waals surface area contributed by atoms with Crippen LogP contribution in [0.15, 0.2) is 207 Å². The van der Waals surface area contributed by atoms with E-state index in [0.717, 1.165) is 99.3 Å². The van der Waals surface area contributed by atoms with Gasteiger partial charge in [0.05, 0.1) is 0 Å². The number of fused-ring (bicyclic) bond motifs is 9. The molecule has 5 nitrogen and oxygen atoms in total. The Bertz CT molecular complexity index is 3480. The number of aliphatic imine (C=N–C) groups is 2. The van der Waals surface area contributed by atoms with Crippen molar-refractivity contribution in [3.63, 3.8) is 0 Å². The summed E-state index contributed by atoms with van der Waals surface area (Å²) < 4.78 is 13.2. The molecule has 1 atom stereocenters. The summed E-state index contributed by atoms with van der Waals surface area (Å²) in [6, 6.07) is 65.7. The Morgan fingerprint density at radius 3 is 1.78 bits per heavy atom. The summed E-state index contributed by atoms with van der Waals surface area (Å²) in [5.74, 6) is 1.39. The highest BCUT2D eigenvalue weighted by Gasteiger charge is 2.26. The van der Waals surface area contributed by atoms with Crippen LogP contribution in [0, 0.1) is 0 Å². The SMILES string of the molecule is c1ccc(-c2ccc(C3N=C(c4cc(-c5cc6oc7ccccc7c6c6ccccc56)cc5oc6ccccc6c45)N=C(c4ccc5ccccc5c4)N3)cc2)cc1. The normalized spacial score (nSPS) is 14.4. The number of nitrogens with one attached hydrogen (secondary N) is 1. The van der Waals surface area contributed by atoms with Crippen LogP contribution in [0.5, 0.6) is 0 Å². The van der Waals surface area contributed by atoms with Crippen molar-refractivity contribution in [2.75, 3.05) is 0 Å². The Kier molecular flexibility index (Phi) is 7.23. The van der Waals surface area contributed by atoms with Gasteiger partial charge in [-0.25, -0.2) is 9.98 Å². The molecule has 0 fully saturated rings. The van der Waals surface area contributed by atoms with Crippen molar-refractivity contribution < 1.29 is 8.83 Å². The molecule has 1 unspecified atom stereocenters. The summed E-state index contributed by atoms with van der Waals surface area (Å²) in [5.41, 5.74) is 10.6. The molecule has 1 N–H and O–H groups in total. The summed E-state index contributed by atoms with van der Waals surface area (Å²) in [5, 5.41) is 12.5. The Labute approximate surface area is 333 Å². The first-order valence-electron chi connectivity index (χ1n) is 19.6. The molecule has 0 radical (unpaired) electrons. The summed E-state index contributed by atoms with van der Waals surface area (Å²) >= 11 is 0. The first-order chi connectivity index (χ1) is 28.7. The Morgan fingerprint density at radius 2 is 1.00 bits per heavy atom. The van der Waals surface area contributed by atoms with E-state index in [9.17, 15) is 0 Å². The molecule has 0 saturated carbocycles. The quantitative estimate of drug-likeness (QED) is 0.191. The first kappa shape index (κ1) is 32.5. The molecule has 9 aromatic carbocycles. The van der Waals surface area contributed by atoms with Gasteiger partial charge in [-0.1, -0.05) is 152 Å². The van der Waals surface area contributed by atoms with Gasteiger partial charge in [-0.05, 0) is 85.8 Å². The molecule has 12 rings (SSSR count). The predicted molar refractivity (Wildman–Crippen MR) is 239 cm³/mol. The fraction of sp³-hybridized carbons (Fsp3) is 0.0189. The van der Waals surface area contributed by atoms with E-state index < -0.39 is 6.17 Å². The minimum absolute atomic E-state index is 0.400. The predicted octanol–water partition coefficient (Wildman–Crippen LogP) is 13.6. The third kappa shape index (κ3) is 5.25. The van der Waals surface area contributed by atoms with E-state index in [4.69, 9.17) is 18.8 Å². The zero-order valence-corrected chi connectivity index (χ0v) is 31.2. The number of rotatable bonds is 5. The lowest BCUT2D eigenvalue weighted by Crippen LogP contribution is -2.33. The van der Waals surface area contributed by atoms with Gasteiger partial charge in [0.2, 0.25) is 0 Å². The van der Waals surface area contributed by atoms with Gasteiger partial charge in [-0.2, -0.15) is 0 Å². The van der Waals surface area contributed by atoms with Gasteiger partial charge in [0.1, 0.15) is 34.3 Å². The topological polar surface area (TPSA) is 63.0 Å². The largest absolute Gasteiger partial charge is 0.456 e. The molecule has 272 valence electrons. The van der Waals surface area contributed by atoms with Gasteiger partial charge in [0.15, 0.2) is 5.84 Å². The second kappa shape index (κ2) is 12.9. The van der Waals surface area contributed by atoms with Crippen molar-refractivity contribution in [3.05, 3.63) is 205 Å². The maximum absolute atomic E-state index is 6.68. The Morgan fingerprint density at radius 1 is 0.397 bits per heavy atom. The van der Waals surface area contributed by atoms with Crippen LogP contribution < -0.4 is 5.32 Å². The number of para-hydroxylation sites is 2. The number of amidine groups is 2. The van der Waals surface area contributed by atoms with Gasteiger partial charge in [-0.15, -0.1) is 0 Å². The zero-order chi connectivity index (χ0) is 38.2. The van der Waals surface area contributed by atoms with Gasteiger partial charge in [-0.3, -0.25) is 0 Å². The minimum Gasteiger partial charge on any atom is -0.456 e. The standard InChI is InChI=1S/C53H33N3O2/c1-2-12-32(13-3-1)34-22-25-35(26-23-34)51-54-52(37-27-24-33-14-4-5-15-36(33)28-37)56-53(55-51)44-29-38(30-47-50(44)42-19-9-11-21-46(42)57-47)43-31-48-49(40-17-7-6-16-39(40)43)41-18-8-10-20-45(41)58-48/h1-31,51H,(H,54,55,56). The van der Waals surface area contributed by atoms with Gasteiger partial charge < -0.3 is 14.2 Å². The van der Waals surface area contributed by atoms with Crippen molar-refractivity contribution in [3.8, 4) is 22.3 Å². The first-order valence-corrected chi connectivity index (χ1v) is 19.6. The second-order valence-electron chi connectivity index (χ2n) is 14.9. The fourth-order valence-corrected chi connectivity index (χ4v) is 8.73. The highest BCUT2D eigenvalue weighted by Crippen LogP contribution is 2.43. The van der Waals surface area contributed by atoms with Crippen molar-refractivity contribution >= 4 is 77.1 Å². The van der Waals surface area contributed by atoms with E-state index in [0.29, 0.717) is 5.84 Å². The molecular weight excluding hydrogens is 711 g/mol. The maximum atomic E-state index is 6.68. The zero-order valence-electron chi connectivity index (χ0n) is 31.2. The molecule has 1 aliphatic rings. The summed E-state index contributed by atoms with van der Waals surface area (Å²) in [7, 11) is 0. The van der Waals surface area contributed by atoms with Crippen LogP contribution in [-0.2, 0) is 0 Å². The number of nitrogens with zero attached hydrogens (tertiary/aromatic N) is 2. The van der Waals surface area contributed by atoms with E-state index >= 15 is 0 Å². The molecule has 0 saturated heterocycles. The number of hydrogen-bond acceptors (Lipinski definition) is 5. The van der Waals surface area contributed by atoms with E-state index in [-0.39, 0.29) is 0 Å². The van der Waals surface area contributed by atoms with Crippen LogP contribution in [-0.4, -0.2) is 11.7 Å². The molecule has 0 spiro atoms. The Balaban J connectivity index is 1.10. The van der Waals surface area contributed by atoms with E-state index in [1.807, 2.05) is 30.3 Å². The van der Waals surface area contributed by atoms with Crippen molar-refractivity contribution in [1.29, 1.82) is 0 Å². The molecule has 58 heavy (non-hydrogen) atoms. The third-order valence-corrected chi connectivity index (χ3v) is 11.5. The smallest absolute Gasteiger partial charge is 0.160 e. The lowest BCUT2D eigenvalue weighted by Gasteiger charge is -2.24. The lowest BCUT2D eigenvalue weighted by atomic mass is 9.92. The lowest BCUT2D eigenvalue weighted by molar-refractivity contribution is 0.668. The van der Waals surface area contributed by atoms with E-state index in [1.165, 1.54) is 10.9 Å². The average Bonchev–Trinajstić information content (AvgIpc) is 3.87. The molecule has 3 heterocycles. The highest BCUT2D eigenvalue weighted by atomic mass is 16.3. The van der Waals surface area contributed by atoms with Crippen LogP contribution in [0.2, 0.25) is 0 Å². The molecule has 0 amide bonds. The molecular formula is C53H33N3O2. The number of furan rings is 2. The van der Waals surface area contributed by atoms with E-state index in [2.05, 4.69) is 163 Å². The van der Waals surface area contributed by atoms with E-state index in [1.54, 1.807) is 0 Å². The molecule has 2 aromatic heterocycles. The Hall–Kier alpha value is -7.76. The molecule has 5 heteroatoms. The van der Waals surface area contributed by atoms with Crippen LogP contribution in [0.1, 0.15) is 22.9 Å². The second-order valence-corrected chi connectivity index (χ2v) is 14.9. The molecule has 1 aliphatic heterocycles. The summed E-state index contributed by atoms with van der Waals surface area (Å²) in [6.07, 6.45) is -0.400. The van der Waals surface area contributed by atoms with Crippen LogP contribution in [0.4, 0.5) is 0 Å². The van der Waals surface area contributed by atoms with Crippen LogP contribution >= 0.6 is 0 Å². The molecule has 11 aromatic rings. The van der Waals surface area contributed by atoms with Crippen LogP contribution in [0.25, 0.3) is 87.7 Å².